The van der Waals surface area contributed by atoms with Crippen molar-refractivity contribution < 1.29 is 4.39 Å². The fourth-order valence-electron chi connectivity index (χ4n) is 1.52. The second kappa shape index (κ2) is 3.13. The topological polar surface area (TPSA) is 12.9 Å². The lowest BCUT2D eigenvalue weighted by atomic mass is 10.2. The van der Waals surface area contributed by atoms with Crippen LogP contribution in [0.4, 0.5) is 4.39 Å². The summed E-state index contributed by atoms with van der Waals surface area (Å²) in [5.74, 6) is 0.243. The largest absolute Gasteiger partial charge is 0.264 e. The maximum absolute atomic E-state index is 13.1. The molecule has 3 unspecified atom stereocenters. The van der Waals surface area contributed by atoms with Gasteiger partial charge in [-0.05, 0) is 11.6 Å². The minimum atomic E-state index is -0.673. The van der Waals surface area contributed by atoms with E-state index < -0.39 is 6.17 Å². The van der Waals surface area contributed by atoms with Gasteiger partial charge in [0, 0.05) is 29.6 Å². The molecule has 1 heterocycles. The lowest BCUT2D eigenvalue weighted by molar-refractivity contribution is 0.449. The van der Waals surface area contributed by atoms with E-state index in [1.165, 1.54) is 0 Å². The van der Waals surface area contributed by atoms with Crippen LogP contribution in [0.3, 0.4) is 0 Å². The Hall–Kier alpha value is -0.440. The molecule has 0 radical (unpaired) electrons. The molecule has 0 N–H and O–H groups in total. The highest BCUT2D eigenvalue weighted by molar-refractivity contribution is 9.09. The number of alkyl halides is 2. The predicted octanol–water partition coefficient (Wildman–Crippen LogP) is 2.53. The maximum atomic E-state index is 13.1. The normalized spacial score (nSPS) is 33.3. The monoisotopic (exact) mass is 229 g/mol. The highest BCUT2D eigenvalue weighted by Gasteiger charge is 2.51. The zero-order chi connectivity index (χ0) is 8.55. The summed E-state index contributed by atoms with van der Waals surface area (Å²) in [6.07, 6.45) is 2.79. The van der Waals surface area contributed by atoms with Gasteiger partial charge in [0.25, 0.3) is 0 Å². The molecule has 3 heteroatoms. The Balaban J connectivity index is 2.14. The van der Waals surface area contributed by atoms with Gasteiger partial charge in [-0.25, -0.2) is 4.39 Å². The van der Waals surface area contributed by atoms with Gasteiger partial charge >= 0.3 is 0 Å². The summed E-state index contributed by atoms with van der Waals surface area (Å²) < 4.78 is 13.1. The third kappa shape index (κ3) is 1.26. The SMILES string of the molecule is FC1C(CBr)C1c1cccnc1. The van der Waals surface area contributed by atoms with Crippen LogP contribution in [-0.2, 0) is 0 Å². The highest BCUT2D eigenvalue weighted by atomic mass is 79.9. The Bertz CT molecular complexity index is 264. The second-order valence-corrected chi connectivity index (χ2v) is 3.72. The minimum absolute atomic E-state index is 0.0816. The average molecular weight is 230 g/mol. The summed E-state index contributed by atoms with van der Waals surface area (Å²) in [5, 5.41) is 0.744. The second-order valence-electron chi connectivity index (χ2n) is 3.07. The fourth-order valence-corrected chi connectivity index (χ4v) is 2.28. The fraction of sp³-hybridized carbons (Fsp3) is 0.444. The number of nitrogens with zero attached hydrogens (tertiary/aromatic N) is 1. The average Bonchev–Trinajstić information content (AvgIpc) is 2.78. The van der Waals surface area contributed by atoms with E-state index in [0.29, 0.717) is 0 Å². The maximum Gasteiger partial charge on any atom is 0.112 e. The summed E-state index contributed by atoms with van der Waals surface area (Å²) >= 11 is 3.29. The predicted molar refractivity (Wildman–Crippen MR) is 49.2 cm³/mol. The molecule has 1 fully saturated rings. The first-order chi connectivity index (χ1) is 5.84. The van der Waals surface area contributed by atoms with E-state index in [1.54, 1.807) is 12.4 Å². The quantitative estimate of drug-likeness (QED) is 0.711. The molecule has 1 saturated carbocycles. The van der Waals surface area contributed by atoms with Crippen LogP contribution in [0, 0.1) is 5.92 Å². The van der Waals surface area contributed by atoms with Gasteiger partial charge in [-0.2, -0.15) is 0 Å². The van der Waals surface area contributed by atoms with Crippen molar-refractivity contribution in [1.29, 1.82) is 0 Å². The molecule has 64 valence electrons. The molecule has 0 saturated heterocycles. The summed E-state index contributed by atoms with van der Waals surface area (Å²) in [4.78, 5) is 3.97. The van der Waals surface area contributed by atoms with Crippen LogP contribution in [0.25, 0.3) is 0 Å². The highest BCUT2D eigenvalue weighted by Crippen LogP contribution is 2.50. The van der Waals surface area contributed by atoms with Gasteiger partial charge in [-0.15, -0.1) is 0 Å². The number of halogens is 2. The summed E-state index contributed by atoms with van der Waals surface area (Å²) in [7, 11) is 0. The van der Waals surface area contributed by atoms with Crippen molar-refractivity contribution in [3.8, 4) is 0 Å². The van der Waals surface area contributed by atoms with E-state index in [2.05, 4.69) is 20.9 Å². The minimum Gasteiger partial charge on any atom is -0.264 e. The van der Waals surface area contributed by atoms with Crippen molar-refractivity contribution in [2.75, 3.05) is 5.33 Å². The van der Waals surface area contributed by atoms with Crippen molar-refractivity contribution >= 4 is 15.9 Å². The third-order valence-electron chi connectivity index (χ3n) is 2.32. The Morgan fingerprint density at radius 3 is 2.92 bits per heavy atom. The molecular formula is C9H9BrFN. The zero-order valence-electron chi connectivity index (χ0n) is 6.45. The number of hydrogen-bond donors (Lipinski definition) is 0. The smallest absolute Gasteiger partial charge is 0.112 e. The van der Waals surface area contributed by atoms with Gasteiger partial charge in [0.15, 0.2) is 0 Å². The van der Waals surface area contributed by atoms with Gasteiger partial charge in [0.2, 0.25) is 0 Å². The van der Waals surface area contributed by atoms with E-state index in [9.17, 15) is 4.39 Å². The Kier molecular flexibility index (Phi) is 2.13. The first kappa shape index (κ1) is 8.17. The zero-order valence-corrected chi connectivity index (χ0v) is 8.04. The van der Waals surface area contributed by atoms with Crippen molar-refractivity contribution in [3.05, 3.63) is 30.1 Å². The van der Waals surface area contributed by atoms with Crippen LogP contribution < -0.4 is 0 Å². The van der Waals surface area contributed by atoms with Crippen molar-refractivity contribution in [3.63, 3.8) is 0 Å². The first-order valence-electron chi connectivity index (χ1n) is 3.94. The molecule has 3 atom stereocenters. The molecule has 12 heavy (non-hydrogen) atoms. The van der Waals surface area contributed by atoms with Crippen LogP contribution in [0.5, 0.6) is 0 Å². The summed E-state index contributed by atoms with van der Waals surface area (Å²) in [6.45, 7) is 0. The van der Waals surface area contributed by atoms with Gasteiger partial charge in [-0.3, -0.25) is 4.98 Å². The van der Waals surface area contributed by atoms with E-state index >= 15 is 0 Å². The van der Waals surface area contributed by atoms with Gasteiger partial charge in [0.1, 0.15) is 6.17 Å². The Labute approximate surface area is 79.1 Å². The summed E-state index contributed by atoms with van der Waals surface area (Å²) in [6, 6.07) is 3.79. The van der Waals surface area contributed by atoms with Crippen LogP contribution >= 0.6 is 15.9 Å². The van der Waals surface area contributed by atoms with Crippen molar-refractivity contribution in [1.82, 2.24) is 4.98 Å². The lowest BCUT2D eigenvalue weighted by Gasteiger charge is -1.94. The molecule has 0 amide bonds. The Morgan fingerprint density at radius 1 is 1.58 bits per heavy atom. The molecule has 1 aliphatic carbocycles. The van der Waals surface area contributed by atoms with Gasteiger partial charge < -0.3 is 0 Å². The van der Waals surface area contributed by atoms with Crippen LogP contribution in [0.1, 0.15) is 11.5 Å². The Morgan fingerprint density at radius 2 is 2.42 bits per heavy atom. The molecule has 0 aromatic carbocycles. The molecule has 0 bridgehead atoms. The summed E-state index contributed by atoms with van der Waals surface area (Å²) in [5.41, 5.74) is 1.02. The van der Waals surface area contributed by atoms with E-state index in [4.69, 9.17) is 0 Å². The third-order valence-corrected chi connectivity index (χ3v) is 3.07. The molecule has 1 aliphatic rings. The van der Waals surface area contributed by atoms with Gasteiger partial charge in [0.05, 0.1) is 0 Å². The molecule has 1 aromatic heterocycles. The van der Waals surface area contributed by atoms with Crippen LogP contribution in [0.2, 0.25) is 0 Å². The van der Waals surface area contributed by atoms with Crippen LogP contribution in [-0.4, -0.2) is 16.5 Å². The molecule has 0 aliphatic heterocycles. The number of rotatable bonds is 2. The molecule has 0 spiro atoms. The number of hydrogen-bond acceptors (Lipinski definition) is 1. The first-order valence-corrected chi connectivity index (χ1v) is 5.06. The molecule has 1 nitrogen and oxygen atoms in total. The lowest BCUT2D eigenvalue weighted by Crippen LogP contribution is -1.84. The van der Waals surface area contributed by atoms with E-state index in [-0.39, 0.29) is 11.8 Å². The standard InChI is InChI=1S/C9H9BrFN/c10-4-7-8(9(7)11)6-2-1-3-12-5-6/h1-3,5,7-9H,4H2. The number of pyridine rings is 1. The molecule has 1 aromatic rings. The van der Waals surface area contributed by atoms with E-state index in [0.717, 1.165) is 10.9 Å². The molecular weight excluding hydrogens is 221 g/mol. The number of aromatic nitrogens is 1. The van der Waals surface area contributed by atoms with Crippen molar-refractivity contribution in [2.24, 2.45) is 5.92 Å². The van der Waals surface area contributed by atoms with Crippen LogP contribution in [0.15, 0.2) is 24.5 Å². The van der Waals surface area contributed by atoms with Crippen molar-refractivity contribution in [2.45, 2.75) is 12.1 Å². The van der Waals surface area contributed by atoms with Gasteiger partial charge in [-0.1, -0.05) is 22.0 Å². The molecule has 2 rings (SSSR count). The van der Waals surface area contributed by atoms with E-state index in [1.807, 2.05) is 12.1 Å².